The first kappa shape index (κ1) is 14.3. The molecule has 1 aromatic carbocycles. The van der Waals surface area contributed by atoms with Crippen LogP contribution in [-0.2, 0) is 0 Å². The van der Waals surface area contributed by atoms with E-state index in [1.165, 1.54) is 0 Å². The number of hydrogen-bond donors (Lipinski definition) is 3. The van der Waals surface area contributed by atoms with Crippen LogP contribution in [0.3, 0.4) is 0 Å². The molecule has 2 unspecified atom stereocenters. The van der Waals surface area contributed by atoms with Gasteiger partial charge in [0, 0.05) is 29.6 Å². The van der Waals surface area contributed by atoms with Crippen LogP contribution in [0, 0.1) is 0 Å². The van der Waals surface area contributed by atoms with Gasteiger partial charge in [-0.2, -0.15) is 4.98 Å². The number of benzene rings is 1. The zero-order chi connectivity index (χ0) is 15.0. The maximum absolute atomic E-state index is 10.0. The highest BCUT2D eigenvalue weighted by atomic mass is 79.9. The summed E-state index contributed by atoms with van der Waals surface area (Å²) in [5, 5.41) is 20.7. The molecular formula is C14H18BrN5O. The predicted octanol–water partition coefficient (Wildman–Crippen LogP) is 2.13. The number of aromatic nitrogens is 3. The third-order valence-electron chi connectivity index (χ3n) is 3.53. The summed E-state index contributed by atoms with van der Waals surface area (Å²) in [6.45, 7) is 6.04. The molecular weight excluding hydrogens is 334 g/mol. The number of rotatable bonds is 2. The highest BCUT2D eigenvalue weighted by molar-refractivity contribution is 9.10. The van der Waals surface area contributed by atoms with Crippen molar-refractivity contribution in [3.05, 3.63) is 22.7 Å². The van der Waals surface area contributed by atoms with E-state index in [-0.39, 0.29) is 5.75 Å². The van der Waals surface area contributed by atoms with Crippen molar-refractivity contribution in [1.29, 1.82) is 0 Å². The summed E-state index contributed by atoms with van der Waals surface area (Å²) in [5.74, 6) is 1.43. The highest BCUT2D eigenvalue weighted by Crippen LogP contribution is 2.30. The third kappa shape index (κ3) is 3.03. The van der Waals surface area contributed by atoms with Gasteiger partial charge in [-0.15, -0.1) is 5.10 Å². The lowest BCUT2D eigenvalue weighted by Crippen LogP contribution is -2.54. The number of phenolic OH excluding ortho intramolecular Hbond substituents is 1. The summed E-state index contributed by atoms with van der Waals surface area (Å²) in [4.78, 5) is 6.67. The molecule has 1 fully saturated rings. The molecule has 21 heavy (non-hydrogen) atoms. The second-order valence-electron chi connectivity index (χ2n) is 5.52. The molecule has 2 aromatic rings. The Balaban J connectivity index is 1.86. The lowest BCUT2D eigenvalue weighted by molar-refractivity contribution is 0.403. The molecule has 1 aliphatic rings. The van der Waals surface area contributed by atoms with Gasteiger partial charge in [-0.3, -0.25) is 5.10 Å². The van der Waals surface area contributed by atoms with Gasteiger partial charge in [-0.1, -0.05) is 15.9 Å². The number of hydrogen-bond acceptors (Lipinski definition) is 5. The second-order valence-corrected chi connectivity index (χ2v) is 6.43. The number of nitrogens with zero attached hydrogens (tertiary/aromatic N) is 3. The first-order chi connectivity index (χ1) is 10.0. The van der Waals surface area contributed by atoms with Crippen molar-refractivity contribution in [3.63, 3.8) is 0 Å². The topological polar surface area (TPSA) is 77.1 Å². The number of aromatic hydroxyl groups is 1. The third-order valence-corrected chi connectivity index (χ3v) is 4.02. The van der Waals surface area contributed by atoms with Gasteiger partial charge in [-0.25, -0.2) is 0 Å². The van der Waals surface area contributed by atoms with E-state index < -0.39 is 0 Å². The summed E-state index contributed by atoms with van der Waals surface area (Å²) in [7, 11) is 0. The normalized spacial score (nSPS) is 22.5. The Labute approximate surface area is 131 Å². The van der Waals surface area contributed by atoms with Crippen molar-refractivity contribution < 1.29 is 5.11 Å². The number of halogens is 1. The Morgan fingerprint density at radius 2 is 2.00 bits per heavy atom. The van der Waals surface area contributed by atoms with Crippen LogP contribution in [0.1, 0.15) is 13.8 Å². The van der Waals surface area contributed by atoms with Crippen LogP contribution in [0.15, 0.2) is 22.7 Å². The van der Waals surface area contributed by atoms with Gasteiger partial charge in [-0.05, 0) is 32.0 Å². The molecule has 0 spiro atoms. The Morgan fingerprint density at radius 1 is 1.29 bits per heavy atom. The van der Waals surface area contributed by atoms with E-state index in [2.05, 4.69) is 55.2 Å². The number of aromatic amines is 1. The zero-order valence-corrected chi connectivity index (χ0v) is 13.6. The van der Waals surface area contributed by atoms with Gasteiger partial charge in [0.05, 0.1) is 5.56 Å². The summed E-state index contributed by atoms with van der Waals surface area (Å²) < 4.78 is 0.827. The molecule has 0 amide bonds. The van der Waals surface area contributed by atoms with Crippen molar-refractivity contribution in [2.24, 2.45) is 0 Å². The van der Waals surface area contributed by atoms with Crippen LogP contribution in [0.5, 0.6) is 5.75 Å². The van der Waals surface area contributed by atoms with Gasteiger partial charge in [0.1, 0.15) is 5.75 Å². The fourth-order valence-corrected chi connectivity index (χ4v) is 3.06. The van der Waals surface area contributed by atoms with Crippen molar-refractivity contribution in [1.82, 2.24) is 20.5 Å². The quantitative estimate of drug-likeness (QED) is 0.772. The van der Waals surface area contributed by atoms with Gasteiger partial charge in [0.15, 0.2) is 5.82 Å². The molecule has 0 radical (unpaired) electrons. The average molecular weight is 352 g/mol. The second kappa shape index (κ2) is 5.65. The van der Waals surface area contributed by atoms with E-state index in [4.69, 9.17) is 0 Å². The van der Waals surface area contributed by atoms with Gasteiger partial charge in [0.25, 0.3) is 0 Å². The fraction of sp³-hybridized carbons (Fsp3) is 0.429. The standard InChI is InChI=1S/C14H18BrN5O/c1-8-6-20(7-9(2)16-8)14-17-13(18-19-14)11-4-3-10(15)5-12(11)21/h3-5,8-9,16,21H,6-7H2,1-2H3,(H,17,18,19). The summed E-state index contributed by atoms with van der Waals surface area (Å²) in [6, 6.07) is 6.12. The molecule has 1 saturated heterocycles. The lowest BCUT2D eigenvalue weighted by Gasteiger charge is -2.35. The molecule has 0 aliphatic carbocycles. The van der Waals surface area contributed by atoms with Crippen LogP contribution < -0.4 is 10.2 Å². The number of phenols is 1. The van der Waals surface area contributed by atoms with Crippen LogP contribution >= 0.6 is 15.9 Å². The Hall–Kier alpha value is -1.60. The number of anilines is 1. The van der Waals surface area contributed by atoms with Crippen molar-refractivity contribution in [2.75, 3.05) is 18.0 Å². The Kier molecular flexibility index (Phi) is 3.86. The number of nitrogens with one attached hydrogen (secondary N) is 2. The SMILES string of the molecule is CC1CN(c2n[nH]c(-c3ccc(Br)cc3O)n2)CC(C)N1. The van der Waals surface area contributed by atoms with Gasteiger partial charge < -0.3 is 15.3 Å². The molecule has 7 heteroatoms. The Morgan fingerprint density at radius 3 is 2.67 bits per heavy atom. The molecule has 1 aliphatic heterocycles. The molecule has 0 saturated carbocycles. The first-order valence-corrected chi connectivity index (χ1v) is 7.74. The van der Waals surface area contributed by atoms with Crippen LogP contribution in [0.4, 0.5) is 5.95 Å². The van der Waals surface area contributed by atoms with E-state index >= 15 is 0 Å². The van der Waals surface area contributed by atoms with Crippen LogP contribution in [0.2, 0.25) is 0 Å². The minimum Gasteiger partial charge on any atom is -0.507 e. The molecule has 3 N–H and O–H groups in total. The minimum atomic E-state index is 0.175. The zero-order valence-electron chi connectivity index (χ0n) is 12.0. The van der Waals surface area contributed by atoms with Gasteiger partial charge in [0.2, 0.25) is 5.95 Å². The molecule has 6 nitrogen and oxygen atoms in total. The highest BCUT2D eigenvalue weighted by Gasteiger charge is 2.24. The van der Waals surface area contributed by atoms with Crippen LogP contribution in [0.25, 0.3) is 11.4 Å². The molecule has 2 heterocycles. The smallest absolute Gasteiger partial charge is 0.245 e. The summed E-state index contributed by atoms with van der Waals surface area (Å²) in [5.41, 5.74) is 0.646. The monoisotopic (exact) mass is 351 g/mol. The lowest BCUT2D eigenvalue weighted by atomic mass is 10.1. The number of piperazine rings is 1. The largest absolute Gasteiger partial charge is 0.507 e. The van der Waals surface area contributed by atoms with E-state index in [9.17, 15) is 5.11 Å². The van der Waals surface area contributed by atoms with E-state index in [1.807, 2.05) is 12.1 Å². The summed E-state index contributed by atoms with van der Waals surface area (Å²) in [6.07, 6.45) is 0. The van der Waals surface area contributed by atoms with E-state index in [1.54, 1.807) is 6.07 Å². The number of H-pyrrole nitrogens is 1. The van der Waals surface area contributed by atoms with Gasteiger partial charge >= 0.3 is 0 Å². The van der Waals surface area contributed by atoms with Crippen molar-refractivity contribution in [3.8, 4) is 17.1 Å². The summed E-state index contributed by atoms with van der Waals surface area (Å²) >= 11 is 3.33. The minimum absolute atomic E-state index is 0.175. The van der Waals surface area contributed by atoms with Crippen molar-refractivity contribution >= 4 is 21.9 Å². The molecule has 112 valence electrons. The molecule has 2 atom stereocenters. The maximum Gasteiger partial charge on any atom is 0.245 e. The maximum atomic E-state index is 10.0. The predicted molar refractivity (Wildman–Crippen MR) is 85.5 cm³/mol. The van der Waals surface area contributed by atoms with Crippen molar-refractivity contribution in [2.45, 2.75) is 25.9 Å². The molecule has 1 aromatic heterocycles. The first-order valence-electron chi connectivity index (χ1n) is 6.95. The Bertz CT molecular complexity index is 634. The fourth-order valence-electron chi connectivity index (χ4n) is 2.71. The van der Waals surface area contributed by atoms with E-state index in [0.29, 0.717) is 29.4 Å². The molecule has 0 bridgehead atoms. The van der Waals surface area contributed by atoms with Crippen LogP contribution in [-0.4, -0.2) is 45.5 Å². The van der Waals surface area contributed by atoms with E-state index in [0.717, 1.165) is 17.6 Å². The molecule has 3 rings (SSSR count). The average Bonchev–Trinajstić information content (AvgIpc) is 2.87.